The maximum absolute atomic E-state index is 11.8. The highest BCUT2D eigenvalue weighted by Gasteiger charge is 2.13. The fourth-order valence-electron chi connectivity index (χ4n) is 2.37. The summed E-state index contributed by atoms with van der Waals surface area (Å²) in [5.41, 5.74) is 1.62. The van der Waals surface area contributed by atoms with Crippen molar-refractivity contribution in [1.82, 2.24) is 19.2 Å². The number of aliphatic hydroxyl groups excluding tert-OH is 1. The van der Waals surface area contributed by atoms with Gasteiger partial charge in [-0.3, -0.25) is 4.79 Å². The zero-order valence-electron chi connectivity index (χ0n) is 13.0. The summed E-state index contributed by atoms with van der Waals surface area (Å²) in [5, 5.41) is 14.1. The van der Waals surface area contributed by atoms with Crippen molar-refractivity contribution in [1.29, 1.82) is 0 Å². The van der Waals surface area contributed by atoms with E-state index in [4.69, 9.17) is 4.74 Å². The normalized spacial score (nSPS) is 12.5. The minimum Gasteiger partial charge on any atom is -0.491 e. The van der Waals surface area contributed by atoms with E-state index < -0.39 is 6.10 Å². The number of aliphatic hydroxyl groups is 1. The molecular formula is C16H18N4O3. The highest BCUT2D eigenvalue weighted by Crippen LogP contribution is 2.12. The Bertz CT molecular complexity index is 867. The molecule has 1 N–H and O–H groups in total. The van der Waals surface area contributed by atoms with Crippen LogP contribution < -0.4 is 10.3 Å². The first-order chi connectivity index (χ1) is 11.0. The summed E-state index contributed by atoms with van der Waals surface area (Å²) in [4.78, 5) is 15.9. The van der Waals surface area contributed by atoms with Gasteiger partial charge in [0.2, 0.25) is 5.78 Å². The number of benzene rings is 1. The molecule has 3 rings (SSSR count). The number of ether oxygens (including phenoxy) is 1. The zero-order chi connectivity index (χ0) is 16.4. The van der Waals surface area contributed by atoms with Crippen molar-refractivity contribution < 1.29 is 9.84 Å². The topological polar surface area (TPSA) is 81.7 Å². The van der Waals surface area contributed by atoms with Crippen LogP contribution in [0.1, 0.15) is 11.3 Å². The van der Waals surface area contributed by atoms with Crippen LogP contribution in [-0.4, -0.2) is 37.0 Å². The van der Waals surface area contributed by atoms with E-state index in [0.29, 0.717) is 17.2 Å². The molecule has 0 aliphatic heterocycles. The maximum atomic E-state index is 11.8. The molecule has 0 saturated carbocycles. The standard InChI is InChI=1S/C16H18N4O3/c1-11-3-5-14(6-4-11)23-9-13(21)8-19-12(2)7-15(22)20-16(19)17-10-18-20/h3-7,10,13,21H,8-9H2,1-2H3. The highest BCUT2D eigenvalue weighted by molar-refractivity contribution is 5.29. The van der Waals surface area contributed by atoms with Gasteiger partial charge in [0.25, 0.3) is 5.56 Å². The third-order valence-corrected chi connectivity index (χ3v) is 3.59. The van der Waals surface area contributed by atoms with Gasteiger partial charge in [0.1, 0.15) is 24.8 Å². The lowest BCUT2D eigenvalue weighted by molar-refractivity contribution is 0.0925. The lowest BCUT2D eigenvalue weighted by atomic mass is 10.2. The fraction of sp³-hybridized carbons (Fsp3) is 0.312. The molecule has 3 aromatic rings. The van der Waals surface area contributed by atoms with Crippen molar-refractivity contribution in [2.45, 2.75) is 26.5 Å². The highest BCUT2D eigenvalue weighted by atomic mass is 16.5. The van der Waals surface area contributed by atoms with Gasteiger partial charge in [-0.25, -0.2) is 0 Å². The summed E-state index contributed by atoms with van der Waals surface area (Å²) >= 11 is 0. The predicted octanol–water partition coefficient (Wildman–Crippen LogP) is 0.948. The smallest absolute Gasteiger partial charge is 0.275 e. The van der Waals surface area contributed by atoms with Gasteiger partial charge in [0.05, 0.1) is 6.54 Å². The van der Waals surface area contributed by atoms with Gasteiger partial charge >= 0.3 is 0 Å². The summed E-state index contributed by atoms with van der Waals surface area (Å²) in [7, 11) is 0. The van der Waals surface area contributed by atoms with Gasteiger partial charge in [0.15, 0.2) is 0 Å². The molecule has 7 heteroatoms. The van der Waals surface area contributed by atoms with Gasteiger partial charge in [-0.15, -0.1) is 0 Å². The second-order valence-electron chi connectivity index (χ2n) is 5.48. The van der Waals surface area contributed by atoms with E-state index in [1.807, 2.05) is 31.2 Å². The van der Waals surface area contributed by atoms with Crippen LogP contribution in [0.2, 0.25) is 0 Å². The molecule has 2 aromatic heterocycles. The molecule has 0 amide bonds. The van der Waals surface area contributed by atoms with Crippen LogP contribution >= 0.6 is 0 Å². The summed E-state index contributed by atoms with van der Waals surface area (Å²) in [5.74, 6) is 1.11. The third kappa shape index (κ3) is 3.24. The Labute approximate surface area is 132 Å². The van der Waals surface area contributed by atoms with E-state index in [0.717, 1.165) is 5.56 Å². The average molecular weight is 314 g/mol. The summed E-state index contributed by atoms with van der Waals surface area (Å²) in [6, 6.07) is 9.10. The molecule has 0 spiro atoms. The molecule has 2 heterocycles. The van der Waals surface area contributed by atoms with E-state index in [1.165, 1.54) is 16.9 Å². The van der Waals surface area contributed by atoms with Crippen LogP contribution in [-0.2, 0) is 6.54 Å². The Kier molecular flexibility index (Phi) is 4.12. The first-order valence-corrected chi connectivity index (χ1v) is 7.32. The molecule has 0 aliphatic carbocycles. The molecule has 1 aromatic carbocycles. The largest absolute Gasteiger partial charge is 0.491 e. The zero-order valence-corrected chi connectivity index (χ0v) is 13.0. The van der Waals surface area contributed by atoms with Crippen LogP contribution in [0.15, 0.2) is 41.5 Å². The number of hydrogen-bond acceptors (Lipinski definition) is 5. The second-order valence-corrected chi connectivity index (χ2v) is 5.48. The van der Waals surface area contributed by atoms with Gasteiger partial charge in [0, 0.05) is 11.8 Å². The second kappa shape index (κ2) is 6.21. The Morgan fingerprint density at radius 1 is 1.26 bits per heavy atom. The number of fused-ring (bicyclic) bond motifs is 1. The quantitative estimate of drug-likeness (QED) is 0.758. The maximum Gasteiger partial charge on any atom is 0.275 e. The molecular weight excluding hydrogens is 296 g/mol. The SMILES string of the molecule is Cc1ccc(OCC(O)Cn2c(C)cc(=O)n3ncnc23)cc1. The number of aromatic nitrogens is 4. The Morgan fingerprint density at radius 3 is 2.74 bits per heavy atom. The van der Waals surface area contributed by atoms with E-state index in [1.54, 1.807) is 11.5 Å². The van der Waals surface area contributed by atoms with Gasteiger partial charge in [-0.05, 0) is 26.0 Å². The van der Waals surface area contributed by atoms with E-state index >= 15 is 0 Å². The number of rotatable bonds is 5. The molecule has 120 valence electrons. The Hall–Kier alpha value is -2.67. The Balaban J connectivity index is 1.73. The van der Waals surface area contributed by atoms with Crippen LogP contribution in [0.3, 0.4) is 0 Å². The number of hydrogen-bond donors (Lipinski definition) is 1. The molecule has 1 unspecified atom stereocenters. The van der Waals surface area contributed by atoms with Gasteiger partial charge in [-0.2, -0.15) is 14.6 Å². The first-order valence-electron chi connectivity index (χ1n) is 7.32. The van der Waals surface area contributed by atoms with E-state index in [2.05, 4.69) is 10.1 Å². The third-order valence-electron chi connectivity index (χ3n) is 3.59. The number of aryl methyl sites for hydroxylation is 2. The molecule has 7 nitrogen and oxygen atoms in total. The molecule has 23 heavy (non-hydrogen) atoms. The average Bonchev–Trinajstić information content (AvgIpc) is 3.01. The predicted molar refractivity (Wildman–Crippen MR) is 84.7 cm³/mol. The van der Waals surface area contributed by atoms with Crippen LogP contribution in [0.4, 0.5) is 0 Å². The fourth-order valence-corrected chi connectivity index (χ4v) is 2.37. The number of nitrogens with zero attached hydrogens (tertiary/aromatic N) is 4. The van der Waals surface area contributed by atoms with Crippen LogP contribution in [0.5, 0.6) is 5.75 Å². The minimum absolute atomic E-state index is 0.148. The van der Waals surface area contributed by atoms with E-state index in [9.17, 15) is 9.90 Å². The van der Waals surface area contributed by atoms with Crippen molar-refractivity contribution in [3.05, 3.63) is 58.3 Å². The Morgan fingerprint density at radius 2 is 2.00 bits per heavy atom. The molecule has 0 radical (unpaired) electrons. The van der Waals surface area contributed by atoms with Crippen LogP contribution in [0.25, 0.3) is 5.78 Å². The van der Waals surface area contributed by atoms with Gasteiger partial charge in [-0.1, -0.05) is 17.7 Å². The summed E-state index contributed by atoms with van der Waals surface area (Å²) in [6.07, 6.45) is 0.583. The van der Waals surface area contributed by atoms with Crippen LogP contribution in [0, 0.1) is 13.8 Å². The molecule has 0 bridgehead atoms. The molecule has 0 saturated heterocycles. The van der Waals surface area contributed by atoms with Crippen molar-refractivity contribution in [3.8, 4) is 5.75 Å². The monoisotopic (exact) mass is 314 g/mol. The molecule has 1 atom stereocenters. The van der Waals surface area contributed by atoms with Crippen molar-refractivity contribution in [3.63, 3.8) is 0 Å². The van der Waals surface area contributed by atoms with E-state index in [-0.39, 0.29) is 18.7 Å². The lowest BCUT2D eigenvalue weighted by Gasteiger charge is -2.16. The minimum atomic E-state index is -0.738. The summed E-state index contributed by atoms with van der Waals surface area (Å²) < 4.78 is 8.54. The van der Waals surface area contributed by atoms with Crippen molar-refractivity contribution in [2.24, 2.45) is 0 Å². The van der Waals surface area contributed by atoms with Crippen molar-refractivity contribution in [2.75, 3.05) is 6.61 Å². The summed E-state index contributed by atoms with van der Waals surface area (Å²) in [6.45, 7) is 4.21. The molecule has 0 aliphatic rings. The van der Waals surface area contributed by atoms with Gasteiger partial charge < -0.3 is 14.4 Å². The molecule has 0 fully saturated rings. The van der Waals surface area contributed by atoms with Crippen molar-refractivity contribution >= 4 is 5.78 Å². The lowest BCUT2D eigenvalue weighted by Crippen LogP contribution is -2.28. The first kappa shape index (κ1) is 15.2.